The maximum atomic E-state index is 12.5. The molecule has 0 amide bonds. The van der Waals surface area contributed by atoms with Gasteiger partial charge in [-0.2, -0.15) is 0 Å². The summed E-state index contributed by atoms with van der Waals surface area (Å²) in [6.45, 7) is 1.08. The molecule has 3 saturated carbocycles. The third-order valence-corrected chi connectivity index (χ3v) is 9.25. The second-order valence-corrected chi connectivity index (χ2v) is 10.8. The molecule has 0 saturated heterocycles. The first kappa shape index (κ1) is 19.2. The van der Waals surface area contributed by atoms with Gasteiger partial charge in [0.15, 0.2) is 11.5 Å². The minimum Gasteiger partial charge on any atom is -0.504 e. The maximum Gasteiger partial charge on any atom is 0.165 e. The molecule has 168 valence electrons. The van der Waals surface area contributed by atoms with Crippen molar-refractivity contribution in [1.29, 1.82) is 0 Å². The molecule has 6 unspecified atom stereocenters. The summed E-state index contributed by atoms with van der Waals surface area (Å²) in [5.41, 5.74) is 2.17. The molecule has 4 N–H and O–H groups in total. The number of benzene rings is 2. The Morgan fingerprint density at radius 2 is 1.78 bits per heavy atom. The van der Waals surface area contributed by atoms with Gasteiger partial charge in [0.25, 0.3) is 0 Å². The molecule has 3 fully saturated rings. The third kappa shape index (κ3) is 2.47. The van der Waals surface area contributed by atoms with E-state index in [4.69, 9.17) is 4.74 Å². The number of ether oxygens (including phenoxy) is 1. The molecule has 2 bridgehead atoms. The first-order valence-electron chi connectivity index (χ1n) is 12.4. The molecule has 0 radical (unpaired) electrons. The van der Waals surface area contributed by atoms with Crippen molar-refractivity contribution >= 4 is 5.69 Å². The number of aromatic hydroxyl groups is 1. The molecule has 1 spiro atoms. The van der Waals surface area contributed by atoms with Gasteiger partial charge in [-0.15, -0.1) is 0 Å². The van der Waals surface area contributed by atoms with Crippen LogP contribution in [0.5, 0.6) is 11.5 Å². The molecule has 2 aromatic rings. The van der Waals surface area contributed by atoms with Crippen LogP contribution < -0.4 is 15.4 Å². The Hall–Kier alpha value is -2.24. The van der Waals surface area contributed by atoms with E-state index < -0.39 is 11.0 Å². The molecule has 2 aromatic carbocycles. The van der Waals surface area contributed by atoms with Crippen molar-refractivity contribution in [3.63, 3.8) is 0 Å². The average molecular weight is 433 g/mol. The number of phenols is 1. The number of hydrogen-bond acceptors (Lipinski definition) is 5. The Morgan fingerprint density at radius 3 is 2.59 bits per heavy atom. The van der Waals surface area contributed by atoms with E-state index in [9.17, 15) is 10.2 Å². The fourth-order valence-corrected chi connectivity index (χ4v) is 7.64. The van der Waals surface area contributed by atoms with Crippen LogP contribution in [0.25, 0.3) is 0 Å². The zero-order valence-corrected chi connectivity index (χ0v) is 18.4. The summed E-state index contributed by atoms with van der Waals surface area (Å²) >= 11 is 0. The maximum absolute atomic E-state index is 12.5. The lowest BCUT2D eigenvalue weighted by Gasteiger charge is -2.63. The van der Waals surface area contributed by atoms with Crippen molar-refractivity contribution in [3.8, 4) is 11.5 Å². The van der Waals surface area contributed by atoms with Crippen molar-refractivity contribution in [2.24, 2.45) is 11.8 Å². The number of para-hydroxylation sites is 1. The fraction of sp³-hybridized carbons (Fsp3) is 0.556. The molecular weight excluding hydrogens is 400 g/mol. The van der Waals surface area contributed by atoms with Gasteiger partial charge >= 0.3 is 0 Å². The van der Waals surface area contributed by atoms with Crippen molar-refractivity contribution < 1.29 is 14.9 Å². The van der Waals surface area contributed by atoms with E-state index in [1.165, 1.54) is 18.4 Å². The molecule has 32 heavy (non-hydrogen) atoms. The summed E-state index contributed by atoms with van der Waals surface area (Å²) in [6, 6.07) is 14.6. The SMILES string of the molecule is Oc1ccc2c3c1OC1C(Nc4ccccc4)CCC4(O)C(C2)C(NCC2CC2)CCC314. The highest BCUT2D eigenvalue weighted by atomic mass is 16.5. The predicted molar refractivity (Wildman–Crippen MR) is 123 cm³/mol. The van der Waals surface area contributed by atoms with Gasteiger partial charge in [-0.3, -0.25) is 0 Å². The number of phenolic OH excluding ortho intramolecular Hbond substituents is 1. The molecule has 4 aliphatic carbocycles. The Bertz CT molecular complexity index is 1050. The summed E-state index contributed by atoms with van der Waals surface area (Å²) < 4.78 is 6.61. The summed E-state index contributed by atoms with van der Waals surface area (Å²) in [5, 5.41) is 30.8. The first-order chi connectivity index (χ1) is 15.6. The van der Waals surface area contributed by atoms with Crippen LogP contribution in [-0.4, -0.2) is 40.5 Å². The standard InChI is InChI=1S/C27H32N2O3/c30-22-9-8-17-14-19-20(28-15-16-6-7-16)10-12-26-23(17)24(22)32-25(26)21(11-13-27(19,26)31)29-18-4-2-1-3-5-18/h1-5,8-9,16,19-21,25,28-31H,6-7,10-15H2. The molecule has 0 aromatic heterocycles. The van der Waals surface area contributed by atoms with E-state index >= 15 is 0 Å². The van der Waals surface area contributed by atoms with Gasteiger partial charge < -0.3 is 25.6 Å². The molecule has 1 heterocycles. The topological polar surface area (TPSA) is 73.8 Å². The Balaban J connectivity index is 1.32. The van der Waals surface area contributed by atoms with Gasteiger partial charge in [0.05, 0.1) is 17.1 Å². The summed E-state index contributed by atoms with van der Waals surface area (Å²) in [5.74, 6) is 1.84. The molecular formula is C27H32N2O3. The second-order valence-electron chi connectivity index (χ2n) is 10.8. The van der Waals surface area contributed by atoms with Crippen molar-refractivity contribution in [3.05, 3.63) is 53.6 Å². The molecule has 1 aliphatic heterocycles. The van der Waals surface area contributed by atoms with E-state index in [-0.39, 0.29) is 23.8 Å². The van der Waals surface area contributed by atoms with Crippen LogP contribution in [0.4, 0.5) is 5.69 Å². The minimum absolute atomic E-state index is 0.0899. The Morgan fingerprint density at radius 1 is 0.969 bits per heavy atom. The summed E-state index contributed by atoms with van der Waals surface area (Å²) in [6.07, 6.45) is 6.91. The van der Waals surface area contributed by atoms with Gasteiger partial charge in [-0.1, -0.05) is 24.3 Å². The monoisotopic (exact) mass is 432 g/mol. The number of hydrogen-bond donors (Lipinski definition) is 4. The zero-order valence-electron chi connectivity index (χ0n) is 18.4. The van der Waals surface area contributed by atoms with Crippen LogP contribution in [0.3, 0.4) is 0 Å². The Labute approximate surface area is 189 Å². The molecule has 7 rings (SSSR count). The molecule has 5 nitrogen and oxygen atoms in total. The van der Waals surface area contributed by atoms with E-state index in [1.807, 2.05) is 18.2 Å². The number of aliphatic hydroxyl groups is 1. The van der Waals surface area contributed by atoms with Crippen LogP contribution in [0.1, 0.15) is 49.7 Å². The van der Waals surface area contributed by atoms with E-state index in [2.05, 4.69) is 28.8 Å². The van der Waals surface area contributed by atoms with Crippen LogP contribution in [0.15, 0.2) is 42.5 Å². The largest absolute Gasteiger partial charge is 0.504 e. The van der Waals surface area contributed by atoms with Crippen LogP contribution in [0, 0.1) is 11.8 Å². The van der Waals surface area contributed by atoms with Crippen LogP contribution in [-0.2, 0) is 11.8 Å². The third-order valence-electron chi connectivity index (χ3n) is 9.25. The highest BCUT2D eigenvalue weighted by Crippen LogP contribution is 2.67. The van der Waals surface area contributed by atoms with Gasteiger partial charge in [-0.25, -0.2) is 0 Å². The molecule has 5 aliphatic rings. The quantitative estimate of drug-likeness (QED) is 0.579. The van der Waals surface area contributed by atoms with Gasteiger partial charge in [0.2, 0.25) is 0 Å². The van der Waals surface area contributed by atoms with Gasteiger partial charge in [0.1, 0.15) is 6.10 Å². The van der Waals surface area contributed by atoms with Crippen molar-refractivity contribution in [2.45, 2.75) is 74.1 Å². The average Bonchev–Trinajstić information content (AvgIpc) is 3.55. The van der Waals surface area contributed by atoms with E-state index in [0.717, 1.165) is 55.8 Å². The Kier molecular flexibility index (Phi) is 4.00. The number of nitrogens with one attached hydrogen (secondary N) is 2. The lowest BCUT2D eigenvalue weighted by Crippen LogP contribution is -2.74. The highest BCUT2D eigenvalue weighted by Gasteiger charge is 2.73. The summed E-state index contributed by atoms with van der Waals surface area (Å²) in [7, 11) is 0. The molecule has 5 heteroatoms. The zero-order chi connectivity index (χ0) is 21.5. The molecule has 6 atom stereocenters. The lowest BCUT2D eigenvalue weighted by molar-refractivity contribution is -0.179. The smallest absolute Gasteiger partial charge is 0.165 e. The minimum atomic E-state index is -0.807. The van der Waals surface area contributed by atoms with E-state index in [0.29, 0.717) is 11.8 Å². The van der Waals surface area contributed by atoms with E-state index in [1.54, 1.807) is 6.07 Å². The van der Waals surface area contributed by atoms with Crippen molar-refractivity contribution in [2.75, 3.05) is 11.9 Å². The van der Waals surface area contributed by atoms with Crippen LogP contribution in [0.2, 0.25) is 0 Å². The number of rotatable bonds is 5. The summed E-state index contributed by atoms with van der Waals surface area (Å²) in [4.78, 5) is 0. The number of anilines is 1. The first-order valence-corrected chi connectivity index (χ1v) is 12.4. The highest BCUT2D eigenvalue weighted by molar-refractivity contribution is 5.63. The van der Waals surface area contributed by atoms with Gasteiger partial charge in [-0.05, 0) is 81.2 Å². The predicted octanol–water partition coefficient (Wildman–Crippen LogP) is 3.73. The lowest BCUT2D eigenvalue weighted by atomic mass is 9.44. The fourth-order valence-electron chi connectivity index (χ4n) is 7.64. The normalized spacial score (nSPS) is 38.7. The van der Waals surface area contributed by atoms with Crippen molar-refractivity contribution in [1.82, 2.24) is 5.32 Å². The second kappa shape index (κ2) is 6.64. The van der Waals surface area contributed by atoms with Crippen LogP contribution >= 0.6 is 0 Å². The van der Waals surface area contributed by atoms with Gasteiger partial charge in [0, 0.05) is 23.2 Å².